The summed E-state index contributed by atoms with van der Waals surface area (Å²) < 4.78 is 5.04. The molecule has 0 aliphatic rings. The molecule has 0 fully saturated rings. The van der Waals surface area contributed by atoms with Crippen molar-refractivity contribution in [2.24, 2.45) is 0 Å². The second kappa shape index (κ2) is 24.6. The molecule has 0 amide bonds. The molecular weight excluding hydrogens is 1330 g/mol. The van der Waals surface area contributed by atoms with Gasteiger partial charge < -0.3 is 9.13 Å². The number of aromatic nitrogens is 2. The van der Waals surface area contributed by atoms with Crippen molar-refractivity contribution >= 4 is 141 Å². The molecule has 0 radical (unpaired) electrons. The molecular formula is C108H66N2. The van der Waals surface area contributed by atoms with Gasteiger partial charge in [-0.3, -0.25) is 0 Å². The molecule has 23 rings (SSSR count). The zero-order chi connectivity index (χ0) is 72.1. The van der Waals surface area contributed by atoms with Crippen molar-refractivity contribution in [3.63, 3.8) is 0 Å². The number of benzene rings is 21. The average molecular weight is 1390 g/mol. The van der Waals surface area contributed by atoms with Gasteiger partial charge in [0.1, 0.15) is 0 Å². The normalized spacial score (nSPS) is 12.0. The lowest BCUT2D eigenvalue weighted by Gasteiger charge is -2.17. The fourth-order valence-electron chi connectivity index (χ4n) is 18.8. The number of rotatable bonds is 9. The molecule has 508 valence electrons. The third-order valence-electron chi connectivity index (χ3n) is 23.8. The first-order valence-electron chi connectivity index (χ1n) is 38.2. The summed E-state index contributed by atoms with van der Waals surface area (Å²) in [6.07, 6.45) is 0. The molecule has 0 atom stereocenters. The number of fused-ring (bicyclic) bond motifs is 26. The van der Waals surface area contributed by atoms with Crippen LogP contribution in [0.2, 0.25) is 0 Å². The highest BCUT2D eigenvalue weighted by atomic mass is 15.0. The van der Waals surface area contributed by atoms with E-state index in [1.165, 1.54) is 218 Å². The van der Waals surface area contributed by atoms with Gasteiger partial charge >= 0.3 is 0 Å². The average Bonchev–Trinajstić information content (AvgIpc) is 1.52. The lowest BCUT2D eigenvalue weighted by atomic mass is 9.88. The van der Waals surface area contributed by atoms with E-state index in [-0.39, 0.29) is 0 Å². The summed E-state index contributed by atoms with van der Waals surface area (Å²) in [5.74, 6) is 0. The van der Waals surface area contributed by atoms with Gasteiger partial charge in [-0.25, -0.2) is 0 Å². The van der Waals surface area contributed by atoms with E-state index >= 15 is 0 Å². The molecule has 2 aromatic heterocycles. The summed E-state index contributed by atoms with van der Waals surface area (Å²) in [7, 11) is 0. The zero-order valence-corrected chi connectivity index (χ0v) is 60.0. The molecule has 2 heteroatoms. The van der Waals surface area contributed by atoms with Crippen LogP contribution in [0.25, 0.3) is 230 Å². The van der Waals surface area contributed by atoms with Gasteiger partial charge in [-0.1, -0.05) is 340 Å². The molecule has 0 saturated carbocycles. The quantitative estimate of drug-likeness (QED) is 0.128. The Morgan fingerprint density at radius 2 is 0.409 bits per heavy atom. The van der Waals surface area contributed by atoms with E-state index in [0.717, 1.165) is 11.4 Å². The maximum atomic E-state index is 2.53. The van der Waals surface area contributed by atoms with Crippen molar-refractivity contribution in [3.05, 3.63) is 400 Å². The van der Waals surface area contributed by atoms with Crippen LogP contribution in [0.3, 0.4) is 0 Å². The van der Waals surface area contributed by atoms with Crippen molar-refractivity contribution < 1.29 is 0 Å². The Hall–Kier alpha value is -14.4. The number of nitrogens with zero attached hydrogens (tertiary/aromatic N) is 2. The van der Waals surface area contributed by atoms with E-state index < -0.39 is 0 Å². The van der Waals surface area contributed by atoms with Crippen molar-refractivity contribution in [1.82, 2.24) is 9.13 Å². The Balaban J connectivity index is 0.595. The van der Waals surface area contributed by atoms with E-state index in [4.69, 9.17) is 0 Å². The number of para-hydroxylation sites is 2. The van der Waals surface area contributed by atoms with Gasteiger partial charge in [0.15, 0.2) is 0 Å². The lowest BCUT2D eigenvalue weighted by molar-refractivity contribution is 1.19. The molecule has 23 aromatic rings. The second-order valence-electron chi connectivity index (χ2n) is 29.7. The molecule has 0 N–H and O–H groups in total. The highest BCUT2D eigenvalue weighted by Crippen LogP contribution is 2.51. The SMILES string of the molecule is c1ccc(-c2ccc(-c3ccc(-c4ccc(-n5c6ccccc6c6c7c8ccccc8c(-c8ccc(-c9ccc%10c%11ccc(-c%12cccc(-n%13c%14ccccc%14c%14c%15c%16ccccc%16c(-c%16ccccc%16)cc%15c%15ccccc%15c%14%13)c%12)cc%11c%11ccccc%11c%10c9)cc8)cc7c7ccccc7c65)cc4)cc3)cc2)cc1. The van der Waals surface area contributed by atoms with E-state index in [9.17, 15) is 0 Å². The maximum absolute atomic E-state index is 2.53. The minimum atomic E-state index is 1.13. The molecule has 0 spiro atoms. The zero-order valence-electron chi connectivity index (χ0n) is 60.0. The minimum Gasteiger partial charge on any atom is -0.309 e. The van der Waals surface area contributed by atoms with Crippen LogP contribution in [0.4, 0.5) is 0 Å². The minimum absolute atomic E-state index is 1.13. The Morgan fingerprint density at radius 3 is 0.864 bits per heavy atom. The summed E-state index contributed by atoms with van der Waals surface area (Å²) in [4.78, 5) is 0. The lowest BCUT2D eigenvalue weighted by Crippen LogP contribution is -1.96. The monoisotopic (exact) mass is 1390 g/mol. The predicted octanol–water partition coefficient (Wildman–Crippen LogP) is 29.9. The first kappa shape index (κ1) is 61.8. The summed E-state index contributed by atoms with van der Waals surface area (Å²) in [5, 5.41) is 27.6. The summed E-state index contributed by atoms with van der Waals surface area (Å²) in [6, 6.07) is 149. The molecule has 110 heavy (non-hydrogen) atoms. The van der Waals surface area contributed by atoms with E-state index in [1.807, 2.05) is 0 Å². The molecule has 0 bridgehead atoms. The fourth-order valence-corrected chi connectivity index (χ4v) is 18.8. The topological polar surface area (TPSA) is 9.86 Å². The predicted molar refractivity (Wildman–Crippen MR) is 471 cm³/mol. The van der Waals surface area contributed by atoms with Gasteiger partial charge in [0.25, 0.3) is 0 Å². The van der Waals surface area contributed by atoms with Crippen molar-refractivity contribution in [3.8, 4) is 89.3 Å². The first-order chi connectivity index (χ1) is 54.6. The Bertz CT molecular complexity index is 7740. The summed E-state index contributed by atoms with van der Waals surface area (Å²) >= 11 is 0. The third kappa shape index (κ3) is 9.49. The van der Waals surface area contributed by atoms with Crippen molar-refractivity contribution in [2.45, 2.75) is 0 Å². The van der Waals surface area contributed by atoms with Crippen LogP contribution >= 0.6 is 0 Å². The standard InChI is InChI=1S/C108H66N2/c1-3-22-67(23-4-1)68-42-44-69(45-43-68)70-46-48-71(49-47-70)72-54-58-79(59-55-72)109-101-40-19-17-38-93(101)105-103-90-35-14-10-31-84(90)96(66-100(103)85-32-11-15-36-91(85)107(105)109)75-52-50-73(51-53-75)77-56-60-87-88-61-57-78(64-98(88)82-29-8-7-28-81(82)97(87)63-77)76-26-21-27-80(62-76)110-102-41-20-18-39-94(102)106-104-89-34-13-9-30-83(89)95(74-24-5-2-6-25-74)65-99(104)86-33-12-16-37-92(86)108(106)110/h1-66H. The van der Waals surface area contributed by atoms with Gasteiger partial charge in [-0.15, -0.1) is 0 Å². The van der Waals surface area contributed by atoms with Gasteiger partial charge in [-0.05, 0) is 214 Å². The molecule has 0 unspecified atom stereocenters. The van der Waals surface area contributed by atoms with Crippen molar-refractivity contribution in [2.75, 3.05) is 0 Å². The molecule has 2 nitrogen and oxygen atoms in total. The molecule has 0 aliphatic carbocycles. The Kier molecular flexibility index (Phi) is 13.8. The van der Waals surface area contributed by atoms with Crippen LogP contribution in [-0.4, -0.2) is 9.13 Å². The third-order valence-corrected chi connectivity index (χ3v) is 23.8. The fraction of sp³-hybridized carbons (Fsp3) is 0. The van der Waals surface area contributed by atoms with E-state index in [1.54, 1.807) is 0 Å². The molecule has 21 aromatic carbocycles. The highest BCUT2D eigenvalue weighted by molar-refractivity contribution is 6.40. The highest BCUT2D eigenvalue weighted by Gasteiger charge is 2.25. The first-order valence-corrected chi connectivity index (χ1v) is 38.2. The van der Waals surface area contributed by atoms with Gasteiger partial charge in [0.05, 0.1) is 22.1 Å². The van der Waals surface area contributed by atoms with Crippen LogP contribution in [-0.2, 0) is 0 Å². The molecule has 0 saturated heterocycles. The van der Waals surface area contributed by atoms with Crippen LogP contribution in [0.1, 0.15) is 0 Å². The van der Waals surface area contributed by atoms with Crippen LogP contribution in [0.5, 0.6) is 0 Å². The summed E-state index contributed by atoms with van der Waals surface area (Å²) in [6.45, 7) is 0. The smallest absolute Gasteiger partial charge is 0.0626 e. The van der Waals surface area contributed by atoms with E-state index in [2.05, 4.69) is 410 Å². The Morgan fingerprint density at radius 1 is 0.127 bits per heavy atom. The number of hydrogen-bond donors (Lipinski definition) is 0. The summed E-state index contributed by atoms with van der Waals surface area (Å²) in [5.41, 5.74) is 23.9. The number of hydrogen-bond acceptors (Lipinski definition) is 0. The Labute approximate surface area is 635 Å². The molecule has 2 heterocycles. The van der Waals surface area contributed by atoms with Crippen LogP contribution in [0.15, 0.2) is 400 Å². The van der Waals surface area contributed by atoms with Crippen LogP contribution in [0, 0.1) is 0 Å². The van der Waals surface area contributed by atoms with Gasteiger partial charge in [0, 0.05) is 54.5 Å². The second-order valence-corrected chi connectivity index (χ2v) is 29.7. The largest absolute Gasteiger partial charge is 0.309 e. The van der Waals surface area contributed by atoms with E-state index in [0.29, 0.717) is 0 Å². The van der Waals surface area contributed by atoms with Crippen LogP contribution < -0.4 is 0 Å². The van der Waals surface area contributed by atoms with Gasteiger partial charge in [0.2, 0.25) is 0 Å². The van der Waals surface area contributed by atoms with Crippen molar-refractivity contribution in [1.29, 1.82) is 0 Å². The maximum Gasteiger partial charge on any atom is 0.0626 e. The molecule has 0 aliphatic heterocycles. The van der Waals surface area contributed by atoms with Gasteiger partial charge in [-0.2, -0.15) is 0 Å².